The zero-order chi connectivity index (χ0) is 13.8. The number of pyridine rings is 1. The molecule has 0 N–H and O–H groups in total. The monoisotopic (exact) mass is 264 g/mol. The maximum atomic E-state index is 11.8. The van der Waals surface area contributed by atoms with Gasteiger partial charge in [0.15, 0.2) is 0 Å². The number of hydrogen-bond acceptors (Lipinski definition) is 5. The van der Waals surface area contributed by atoms with Gasteiger partial charge in [-0.1, -0.05) is 0 Å². The lowest BCUT2D eigenvalue weighted by Gasteiger charge is -2.16. The van der Waals surface area contributed by atoms with Crippen molar-refractivity contribution in [3.05, 3.63) is 23.9 Å². The predicted octanol–water partition coefficient (Wildman–Crippen LogP) is 0.612. The Morgan fingerprint density at radius 3 is 3.00 bits per heavy atom. The molecule has 0 radical (unpaired) electrons. The van der Waals surface area contributed by atoms with Crippen LogP contribution in [0.15, 0.2) is 18.3 Å². The first-order valence-electron chi connectivity index (χ1n) is 5.98. The minimum Gasteiger partial charge on any atom is -0.481 e. The smallest absolute Gasteiger partial charge is 0.310 e. The summed E-state index contributed by atoms with van der Waals surface area (Å²) in [5, 5.41) is 0. The topological polar surface area (TPSA) is 68.7 Å². The lowest BCUT2D eigenvalue weighted by atomic mass is 10.1. The quantitative estimate of drug-likeness (QED) is 0.745. The van der Waals surface area contributed by atoms with E-state index < -0.39 is 0 Å². The van der Waals surface area contributed by atoms with E-state index in [9.17, 15) is 9.59 Å². The molecule has 1 saturated heterocycles. The molecule has 1 amide bonds. The molecule has 0 spiro atoms. The normalized spacial score (nSPS) is 18.5. The largest absolute Gasteiger partial charge is 0.481 e. The number of likely N-dealkylation sites (tertiary alicyclic amines) is 1. The van der Waals surface area contributed by atoms with Gasteiger partial charge in [0.05, 0.1) is 20.1 Å². The second-order valence-corrected chi connectivity index (χ2v) is 4.40. The van der Waals surface area contributed by atoms with Crippen LogP contribution in [0.25, 0.3) is 0 Å². The van der Waals surface area contributed by atoms with Crippen molar-refractivity contribution in [2.45, 2.75) is 13.0 Å². The van der Waals surface area contributed by atoms with E-state index in [-0.39, 0.29) is 24.2 Å². The Bertz CT molecular complexity index is 489. The molecule has 1 aromatic rings. The molecule has 102 valence electrons. The minimum absolute atomic E-state index is 0.0359. The van der Waals surface area contributed by atoms with Crippen LogP contribution < -0.4 is 4.74 Å². The number of aromatic nitrogens is 1. The van der Waals surface area contributed by atoms with E-state index in [1.165, 1.54) is 7.11 Å². The highest BCUT2D eigenvalue weighted by atomic mass is 16.5. The van der Waals surface area contributed by atoms with E-state index in [1.54, 1.807) is 24.3 Å². The lowest BCUT2D eigenvalue weighted by Crippen LogP contribution is -2.26. The van der Waals surface area contributed by atoms with Crippen molar-refractivity contribution in [2.75, 3.05) is 20.8 Å². The molecule has 1 unspecified atom stereocenters. The molecule has 1 fully saturated rings. The van der Waals surface area contributed by atoms with Gasteiger partial charge in [-0.3, -0.25) is 9.59 Å². The summed E-state index contributed by atoms with van der Waals surface area (Å²) in [6.45, 7) is 0.849. The third-order valence-electron chi connectivity index (χ3n) is 3.13. The molecule has 6 nitrogen and oxygen atoms in total. The molecule has 1 atom stereocenters. The Labute approximate surface area is 111 Å². The van der Waals surface area contributed by atoms with Crippen molar-refractivity contribution in [3.8, 4) is 5.88 Å². The van der Waals surface area contributed by atoms with Gasteiger partial charge in [0, 0.05) is 31.8 Å². The van der Waals surface area contributed by atoms with Crippen LogP contribution in [0.3, 0.4) is 0 Å². The van der Waals surface area contributed by atoms with Crippen LogP contribution in [0.2, 0.25) is 0 Å². The zero-order valence-corrected chi connectivity index (χ0v) is 11.0. The number of carbonyl (C=O) groups is 2. The van der Waals surface area contributed by atoms with Gasteiger partial charge in [0.25, 0.3) is 0 Å². The summed E-state index contributed by atoms with van der Waals surface area (Å²) < 4.78 is 9.70. The number of rotatable bonds is 4. The van der Waals surface area contributed by atoms with Gasteiger partial charge in [0.2, 0.25) is 11.8 Å². The number of esters is 1. The van der Waals surface area contributed by atoms with Crippen LogP contribution in [-0.4, -0.2) is 42.5 Å². The van der Waals surface area contributed by atoms with E-state index in [1.807, 2.05) is 6.07 Å². The molecular formula is C13H16N2O4. The molecule has 0 aromatic carbocycles. The summed E-state index contributed by atoms with van der Waals surface area (Å²) in [6, 6.07) is 3.60. The summed E-state index contributed by atoms with van der Waals surface area (Å²) in [5.74, 6) is -0.218. The van der Waals surface area contributed by atoms with Gasteiger partial charge in [-0.2, -0.15) is 0 Å². The maximum absolute atomic E-state index is 11.8. The highest BCUT2D eigenvalue weighted by Crippen LogP contribution is 2.21. The second kappa shape index (κ2) is 5.69. The summed E-state index contributed by atoms with van der Waals surface area (Å²) in [4.78, 5) is 28.9. The predicted molar refractivity (Wildman–Crippen MR) is 66.3 cm³/mol. The molecule has 19 heavy (non-hydrogen) atoms. The number of carbonyl (C=O) groups excluding carboxylic acids is 2. The van der Waals surface area contributed by atoms with E-state index >= 15 is 0 Å². The summed E-state index contributed by atoms with van der Waals surface area (Å²) >= 11 is 0. The average molecular weight is 264 g/mol. The van der Waals surface area contributed by atoms with Crippen molar-refractivity contribution in [2.24, 2.45) is 5.92 Å². The SMILES string of the molecule is COC(=O)C1CC(=O)N(Cc2ccnc(OC)c2)C1. The van der Waals surface area contributed by atoms with Crippen LogP contribution >= 0.6 is 0 Å². The average Bonchev–Trinajstić information content (AvgIpc) is 2.79. The summed E-state index contributed by atoms with van der Waals surface area (Å²) in [6.07, 6.45) is 1.85. The molecule has 0 aliphatic carbocycles. The Balaban J connectivity index is 2.03. The fourth-order valence-electron chi connectivity index (χ4n) is 2.13. The maximum Gasteiger partial charge on any atom is 0.310 e. The van der Waals surface area contributed by atoms with Crippen LogP contribution in [0.4, 0.5) is 0 Å². The van der Waals surface area contributed by atoms with Gasteiger partial charge < -0.3 is 14.4 Å². The highest BCUT2D eigenvalue weighted by molar-refractivity contribution is 5.86. The molecule has 0 saturated carbocycles. The third kappa shape index (κ3) is 3.01. The van der Waals surface area contributed by atoms with Crippen LogP contribution in [-0.2, 0) is 20.9 Å². The van der Waals surface area contributed by atoms with Gasteiger partial charge >= 0.3 is 5.97 Å². The van der Waals surface area contributed by atoms with E-state index in [0.29, 0.717) is 19.0 Å². The molecule has 0 bridgehead atoms. The third-order valence-corrected chi connectivity index (χ3v) is 3.13. The fraction of sp³-hybridized carbons (Fsp3) is 0.462. The number of hydrogen-bond donors (Lipinski definition) is 0. The fourth-order valence-corrected chi connectivity index (χ4v) is 2.13. The Morgan fingerprint density at radius 2 is 2.32 bits per heavy atom. The Hall–Kier alpha value is -2.11. The van der Waals surface area contributed by atoms with Gasteiger partial charge in [0.1, 0.15) is 0 Å². The molecule has 1 aliphatic rings. The molecule has 2 rings (SSSR count). The van der Waals surface area contributed by atoms with E-state index in [0.717, 1.165) is 5.56 Å². The van der Waals surface area contributed by atoms with E-state index in [4.69, 9.17) is 4.74 Å². The second-order valence-electron chi connectivity index (χ2n) is 4.40. The molecule has 1 aliphatic heterocycles. The first kappa shape index (κ1) is 13.3. The van der Waals surface area contributed by atoms with Crippen LogP contribution in [0.5, 0.6) is 5.88 Å². The first-order valence-corrected chi connectivity index (χ1v) is 5.98. The molecule has 1 aromatic heterocycles. The summed E-state index contributed by atoms with van der Waals surface area (Å²) in [7, 11) is 2.88. The minimum atomic E-state index is -0.360. The molecular weight excluding hydrogens is 248 g/mol. The van der Waals surface area contributed by atoms with Crippen molar-refractivity contribution in [1.29, 1.82) is 0 Å². The Morgan fingerprint density at radius 1 is 1.53 bits per heavy atom. The van der Waals surface area contributed by atoms with Gasteiger partial charge in [-0.15, -0.1) is 0 Å². The standard InChI is InChI=1S/C13H16N2O4/c1-18-11-5-9(3-4-14-11)7-15-8-10(6-12(15)16)13(17)19-2/h3-5,10H,6-8H2,1-2H3. The Kier molecular flexibility index (Phi) is 3.99. The van der Waals surface area contributed by atoms with Crippen molar-refractivity contribution in [1.82, 2.24) is 9.88 Å². The van der Waals surface area contributed by atoms with E-state index in [2.05, 4.69) is 9.72 Å². The van der Waals surface area contributed by atoms with Crippen LogP contribution in [0.1, 0.15) is 12.0 Å². The van der Waals surface area contributed by atoms with Crippen molar-refractivity contribution in [3.63, 3.8) is 0 Å². The number of methoxy groups -OCH3 is 2. The summed E-state index contributed by atoms with van der Waals surface area (Å²) in [5.41, 5.74) is 0.922. The number of amides is 1. The van der Waals surface area contributed by atoms with Gasteiger partial charge in [-0.05, 0) is 11.6 Å². The van der Waals surface area contributed by atoms with Gasteiger partial charge in [-0.25, -0.2) is 4.98 Å². The molecule has 2 heterocycles. The first-order chi connectivity index (χ1) is 9.13. The molecule has 6 heteroatoms. The highest BCUT2D eigenvalue weighted by Gasteiger charge is 2.34. The van der Waals surface area contributed by atoms with Crippen molar-refractivity contribution < 1.29 is 19.1 Å². The van der Waals surface area contributed by atoms with Crippen molar-refractivity contribution >= 4 is 11.9 Å². The van der Waals surface area contributed by atoms with Crippen LogP contribution in [0, 0.1) is 5.92 Å². The zero-order valence-electron chi connectivity index (χ0n) is 11.0. The lowest BCUT2D eigenvalue weighted by molar-refractivity contribution is -0.145. The number of ether oxygens (including phenoxy) is 2. The number of nitrogens with zero attached hydrogens (tertiary/aromatic N) is 2.